The van der Waals surface area contributed by atoms with Crippen LogP contribution in [-0.4, -0.2) is 11.9 Å². The topological polar surface area (TPSA) is 26.3 Å². The zero-order chi connectivity index (χ0) is 10.7. The molecule has 1 atom stereocenters. The molecular formula is C12H18O2. The van der Waals surface area contributed by atoms with Gasteiger partial charge in [-0.25, -0.2) is 0 Å². The average molecular weight is 194 g/mol. The Kier molecular flexibility index (Phi) is 3.50. The van der Waals surface area contributed by atoms with Gasteiger partial charge in [0.15, 0.2) is 11.5 Å². The molecule has 2 heteroatoms. The Hall–Kier alpha value is -1.05. The van der Waals surface area contributed by atoms with Crippen LogP contribution in [0.25, 0.3) is 0 Å². The van der Waals surface area contributed by atoms with Crippen molar-refractivity contribution in [3.05, 3.63) is 23.5 Å². The predicted octanol–water partition coefficient (Wildman–Crippen LogP) is 2.99. The first kappa shape index (κ1) is 11.0. The lowest BCUT2D eigenvalue weighted by atomic mass is 9.98. The van der Waals surface area contributed by atoms with E-state index in [4.69, 9.17) is 4.74 Å². The molecule has 2 nitrogen and oxygen atoms in total. The van der Waals surface area contributed by atoms with Crippen LogP contribution < -0.4 is 0 Å². The van der Waals surface area contributed by atoms with Crippen molar-refractivity contribution >= 4 is 5.78 Å². The van der Waals surface area contributed by atoms with Crippen molar-refractivity contribution in [2.75, 3.05) is 0 Å². The molecule has 0 fully saturated rings. The molecule has 0 heterocycles. The number of rotatable bonds is 3. The summed E-state index contributed by atoms with van der Waals surface area (Å²) in [5.74, 6) is 0.716. The highest BCUT2D eigenvalue weighted by Gasteiger charge is 2.21. The van der Waals surface area contributed by atoms with E-state index in [0.717, 1.165) is 24.0 Å². The highest BCUT2D eigenvalue weighted by Crippen LogP contribution is 2.24. The van der Waals surface area contributed by atoms with Crippen molar-refractivity contribution in [1.29, 1.82) is 0 Å². The molecule has 14 heavy (non-hydrogen) atoms. The second-order valence-corrected chi connectivity index (χ2v) is 3.99. The summed E-state index contributed by atoms with van der Waals surface area (Å²) >= 11 is 0. The molecule has 1 aliphatic rings. The molecule has 0 aromatic rings. The number of hydrogen-bond donors (Lipinski definition) is 0. The lowest BCUT2D eigenvalue weighted by Gasteiger charge is -2.21. The first-order valence-electron chi connectivity index (χ1n) is 5.07. The average Bonchev–Trinajstić information content (AvgIpc) is 2.11. The number of ketones is 1. The standard InChI is InChI=1S/C12H18O2/c1-8(2)10(4)14-12-9(3)6-5-7-11(12)13/h10H,1,5-7H2,2-4H3/t10-/m1/s1. The summed E-state index contributed by atoms with van der Waals surface area (Å²) in [6, 6.07) is 0. The quantitative estimate of drug-likeness (QED) is 0.645. The van der Waals surface area contributed by atoms with Crippen molar-refractivity contribution in [1.82, 2.24) is 0 Å². The van der Waals surface area contributed by atoms with Crippen LogP contribution in [0.15, 0.2) is 23.5 Å². The Morgan fingerprint density at radius 3 is 2.64 bits per heavy atom. The Morgan fingerprint density at radius 1 is 1.50 bits per heavy atom. The van der Waals surface area contributed by atoms with Crippen LogP contribution in [-0.2, 0) is 9.53 Å². The normalized spacial score (nSPS) is 19.5. The van der Waals surface area contributed by atoms with Gasteiger partial charge in [-0.2, -0.15) is 0 Å². The number of hydrogen-bond acceptors (Lipinski definition) is 2. The first-order chi connectivity index (χ1) is 6.52. The van der Waals surface area contributed by atoms with E-state index in [1.165, 1.54) is 0 Å². The molecule has 0 aromatic carbocycles. The summed E-state index contributed by atoms with van der Waals surface area (Å²) in [4.78, 5) is 11.6. The minimum atomic E-state index is -0.0676. The van der Waals surface area contributed by atoms with Gasteiger partial charge in [0.05, 0.1) is 0 Å². The molecule has 0 N–H and O–H groups in total. The Morgan fingerprint density at radius 2 is 2.14 bits per heavy atom. The Labute approximate surface area is 85.6 Å². The van der Waals surface area contributed by atoms with Crippen LogP contribution in [0, 0.1) is 0 Å². The second-order valence-electron chi connectivity index (χ2n) is 3.99. The van der Waals surface area contributed by atoms with E-state index in [1.54, 1.807) is 0 Å². The second kappa shape index (κ2) is 4.45. The summed E-state index contributed by atoms with van der Waals surface area (Å²) in [5.41, 5.74) is 2.03. The maximum atomic E-state index is 11.6. The summed E-state index contributed by atoms with van der Waals surface area (Å²) in [5, 5.41) is 0. The summed E-state index contributed by atoms with van der Waals surface area (Å²) in [7, 11) is 0. The van der Waals surface area contributed by atoms with Gasteiger partial charge >= 0.3 is 0 Å². The molecule has 0 radical (unpaired) electrons. The zero-order valence-electron chi connectivity index (χ0n) is 9.22. The molecule has 0 bridgehead atoms. The monoisotopic (exact) mass is 194 g/mol. The predicted molar refractivity (Wildman–Crippen MR) is 56.9 cm³/mol. The zero-order valence-corrected chi connectivity index (χ0v) is 9.22. The highest BCUT2D eigenvalue weighted by molar-refractivity contribution is 5.94. The molecule has 0 amide bonds. The third kappa shape index (κ3) is 2.47. The summed E-state index contributed by atoms with van der Waals surface area (Å²) in [6.45, 7) is 9.61. The van der Waals surface area contributed by atoms with Gasteiger partial charge in [0, 0.05) is 6.42 Å². The van der Waals surface area contributed by atoms with Crippen LogP contribution in [0.5, 0.6) is 0 Å². The van der Waals surface area contributed by atoms with Crippen LogP contribution in [0.4, 0.5) is 0 Å². The van der Waals surface area contributed by atoms with Gasteiger partial charge in [-0.15, -0.1) is 0 Å². The van der Waals surface area contributed by atoms with Gasteiger partial charge in [-0.3, -0.25) is 4.79 Å². The van der Waals surface area contributed by atoms with Crippen molar-refractivity contribution < 1.29 is 9.53 Å². The Bertz CT molecular complexity index is 287. The van der Waals surface area contributed by atoms with E-state index in [1.807, 2.05) is 20.8 Å². The number of carbonyl (C=O) groups is 1. The summed E-state index contributed by atoms with van der Waals surface area (Å²) in [6.07, 6.45) is 2.49. The van der Waals surface area contributed by atoms with Crippen LogP contribution in [0.1, 0.15) is 40.0 Å². The third-order valence-corrected chi connectivity index (χ3v) is 2.59. The molecule has 0 unspecified atom stereocenters. The fourth-order valence-electron chi connectivity index (χ4n) is 1.42. The van der Waals surface area contributed by atoms with Gasteiger partial charge in [0.1, 0.15) is 6.10 Å². The minimum absolute atomic E-state index is 0.0676. The van der Waals surface area contributed by atoms with Crippen LogP contribution >= 0.6 is 0 Å². The van der Waals surface area contributed by atoms with E-state index in [2.05, 4.69) is 6.58 Å². The Balaban J connectivity index is 2.75. The van der Waals surface area contributed by atoms with E-state index in [-0.39, 0.29) is 11.9 Å². The number of allylic oxidation sites excluding steroid dienone is 2. The lowest BCUT2D eigenvalue weighted by Crippen LogP contribution is -2.18. The fraction of sp³-hybridized carbons (Fsp3) is 0.583. The summed E-state index contributed by atoms with van der Waals surface area (Å²) < 4.78 is 5.61. The molecule has 0 saturated heterocycles. The number of Topliss-reactive ketones (excluding diaryl/α,β-unsaturated/α-hetero) is 1. The van der Waals surface area contributed by atoms with E-state index in [9.17, 15) is 4.79 Å². The van der Waals surface area contributed by atoms with E-state index in [0.29, 0.717) is 12.2 Å². The van der Waals surface area contributed by atoms with Gasteiger partial charge in [0.2, 0.25) is 0 Å². The molecule has 0 spiro atoms. The third-order valence-electron chi connectivity index (χ3n) is 2.59. The maximum absolute atomic E-state index is 11.6. The fourth-order valence-corrected chi connectivity index (χ4v) is 1.42. The minimum Gasteiger partial charge on any atom is -0.483 e. The van der Waals surface area contributed by atoms with Gasteiger partial charge in [0.25, 0.3) is 0 Å². The van der Waals surface area contributed by atoms with Crippen molar-refractivity contribution in [2.24, 2.45) is 0 Å². The van der Waals surface area contributed by atoms with Gasteiger partial charge < -0.3 is 4.74 Å². The molecule has 78 valence electrons. The highest BCUT2D eigenvalue weighted by atomic mass is 16.5. The lowest BCUT2D eigenvalue weighted by molar-refractivity contribution is -0.120. The number of ether oxygens (including phenoxy) is 1. The van der Waals surface area contributed by atoms with Crippen molar-refractivity contribution in [3.8, 4) is 0 Å². The molecule has 0 saturated carbocycles. The first-order valence-corrected chi connectivity index (χ1v) is 5.07. The van der Waals surface area contributed by atoms with Crippen LogP contribution in [0.3, 0.4) is 0 Å². The van der Waals surface area contributed by atoms with Crippen LogP contribution in [0.2, 0.25) is 0 Å². The molecule has 1 rings (SSSR count). The molecule has 1 aliphatic carbocycles. The van der Waals surface area contributed by atoms with E-state index >= 15 is 0 Å². The van der Waals surface area contributed by atoms with Crippen molar-refractivity contribution in [3.63, 3.8) is 0 Å². The molecule has 0 aromatic heterocycles. The van der Waals surface area contributed by atoms with Gasteiger partial charge in [-0.05, 0) is 44.8 Å². The molecule has 0 aliphatic heterocycles. The smallest absolute Gasteiger partial charge is 0.197 e. The molecular weight excluding hydrogens is 176 g/mol. The van der Waals surface area contributed by atoms with Gasteiger partial charge in [-0.1, -0.05) is 6.58 Å². The SMILES string of the molecule is C=C(C)[C@@H](C)OC1=C(C)CCCC1=O. The largest absolute Gasteiger partial charge is 0.483 e. The number of carbonyl (C=O) groups excluding carboxylic acids is 1. The maximum Gasteiger partial charge on any atom is 0.197 e. The van der Waals surface area contributed by atoms with Crippen molar-refractivity contribution in [2.45, 2.75) is 46.1 Å². The van der Waals surface area contributed by atoms with E-state index < -0.39 is 0 Å².